The summed E-state index contributed by atoms with van der Waals surface area (Å²) < 4.78 is 19.0. The maximum absolute atomic E-state index is 12.9. The van der Waals surface area contributed by atoms with E-state index in [0.29, 0.717) is 21.5 Å². The minimum atomic E-state index is -0.339. The lowest BCUT2D eigenvalue weighted by Crippen LogP contribution is -2.29. The maximum Gasteiger partial charge on any atom is 0.270 e. The molecule has 0 radical (unpaired) electrons. The van der Waals surface area contributed by atoms with Gasteiger partial charge < -0.3 is 4.74 Å². The number of rotatable bonds is 4. The number of benzene rings is 3. The Kier molecular flexibility index (Phi) is 4.66. The van der Waals surface area contributed by atoms with Crippen molar-refractivity contribution in [2.24, 2.45) is 0 Å². The molecule has 0 aromatic heterocycles. The van der Waals surface area contributed by atoms with E-state index in [1.165, 1.54) is 24.3 Å². The minimum absolute atomic E-state index is 0.338. The Hall–Kier alpha value is -2.60. The second-order valence-corrected chi connectivity index (χ2v) is 5.86. The van der Waals surface area contributed by atoms with Gasteiger partial charge in [0.25, 0.3) is 5.91 Å². The summed E-state index contributed by atoms with van der Waals surface area (Å²) in [5, 5.41) is 1.79. The smallest absolute Gasteiger partial charge is 0.270 e. The largest absolute Gasteiger partial charge is 0.496 e. The van der Waals surface area contributed by atoms with Crippen molar-refractivity contribution in [1.82, 2.24) is 5.43 Å². The Bertz CT molecular complexity index is 897. The lowest BCUT2D eigenvalue weighted by Gasteiger charge is -2.13. The first kappa shape index (κ1) is 16.3. The first-order valence-corrected chi connectivity index (χ1v) is 7.96. The van der Waals surface area contributed by atoms with Gasteiger partial charge in [0.1, 0.15) is 11.6 Å². The molecule has 0 saturated carbocycles. The Labute approximate surface area is 146 Å². The summed E-state index contributed by atoms with van der Waals surface area (Å²) in [6.07, 6.45) is 0. The first-order chi connectivity index (χ1) is 11.6. The number of fused-ring (bicyclic) bond motifs is 1. The fraction of sp³-hybridized carbons (Fsp3) is 0.0556. The quantitative estimate of drug-likeness (QED) is 0.646. The number of anilines is 1. The standard InChI is InChI=1S/C18H14BrFN2O2/c1-24-16-10-15(17(19)14-5-3-2-4-13(14)16)18(23)22-21-12-8-6-11(20)7-9-12/h2-10,21H,1H3,(H,22,23). The average molecular weight is 389 g/mol. The second-order valence-electron chi connectivity index (χ2n) is 5.07. The summed E-state index contributed by atoms with van der Waals surface area (Å²) in [6.45, 7) is 0. The SMILES string of the molecule is COc1cc(C(=O)NNc2ccc(F)cc2)c(Br)c2ccccc12. The lowest BCUT2D eigenvalue weighted by atomic mass is 10.1. The number of carbonyl (C=O) groups excluding carboxylic acids is 1. The molecule has 3 aromatic carbocycles. The molecule has 0 aliphatic carbocycles. The molecule has 0 aliphatic heterocycles. The number of methoxy groups -OCH3 is 1. The average Bonchev–Trinajstić information content (AvgIpc) is 2.61. The molecule has 1 amide bonds. The zero-order valence-electron chi connectivity index (χ0n) is 12.8. The summed E-state index contributed by atoms with van der Waals surface area (Å²) in [6, 6.07) is 15.0. The molecular weight excluding hydrogens is 375 g/mol. The highest BCUT2D eigenvalue weighted by Gasteiger charge is 2.16. The van der Waals surface area contributed by atoms with Gasteiger partial charge in [-0.1, -0.05) is 24.3 Å². The van der Waals surface area contributed by atoms with Crippen molar-refractivity contribution in [2.75, 3.05) is 12.5 Å². The molecule has 0 atom stereocenters. The zero-order valence-corrected chi connectivity index (χ0v) is 14.4. The van der Waals surface area contributed by atoms with Crippen LogP contribution < -0.4 is 15.6 Å². The van der Waals surface area contributed by atoms with E-state index in [-0.39, 0.29) is 11.7 Å². The molecule has 0 fully saturated rings. The number of hydrogen-bond donors (Lipinski definition) is 2. The lowest BCUT2D eigenvalue weighted by molar-refractivity contribution is 0.0961. The van der Waals surface area contributed by atoms with Gasteiger partial charge in [-0.05, 0) is 46.3 Å². The molecule has 0 bridgehead atoms. The van der Waals surface area contributed by atoms with E-state index in [1.807, 2.05) is 24.3 Å². The van der Waals surface area contributed by atoms with Crippen LogP contribution in [0.5, 0.6) is 5.75 Å². The number of ether oxygens (including phenoxy) is 1. The van der Waals surface area contributed by atoms with Gasteiger partial charge in [0, 0.05) is 15.2 Å². The van der Waals surface area contributed by atoms with Crippen molar-refractivity contribution in [3.8, 4) is 5.75 Å². The van der Waals surface area contributed by atoms with Gasteiger partial charge in [0.05, 0.1) is 18.4 Å². The fourth-order valence-electron chi connectivity index (χ4n) is 2.37. The molecule has 3 aromatic rings. The summed E-state index contributed by atoms with van der Waals surface area (Å²) in [5.41, 5.74) is 6.36. The predicted molar refractivity (Wildman–Crippen MR) is 95.7 cm³/mol. The first-order valence-electron chi connectivity index (χ1n) is 7.17. The Balaban J connectivity index is 1.89. The molecule has 0 spiro atoms. The van der Waals surface area contributed by atoms with Crippen molar-refractivity contribution in [3.05, 3.63) is 70.5 Å². The highest BCUT2D eigenvalue weighted by atomic mass is 79.9. The van der Waals surface area contributed by atoms with Crippen molar-refractivity contribution in [1.29, 1.82) is 0 Å². The van der Waals surface area contributed by atoms with E-state index in [9.17, 15) is 9.18 Å². The zero-order chi connectivity index (χ0) is 17.1. The summed E-state index contributed by atoms with van der Waals surface area (Å²) in [5.74, 6) is -0.0649. The third-order valence-corrected chi connectivity index (χ3v) is 4.42. The molecule has 6 heteroatoms. The number of carbonyl (C=O) groups is 1. The fourth-order valence-corrected chi connectivity index (χ4v) is 3.01. The predicted octanol–water partition coefficient (Wildman–Crippen LogP) is 4.51. The molecule has 4 nitrogen and oxygen atoms in total. The number of amides is 1. The molecule has 122 valence electrons. The third-order valence-electron chi connectivity index (χ3n) is 3.57. The van der Waals surface area contributed by atoms with Gasteiger partial charge in [-0.3, -0.25) is 15.6 Å². The Morgan fingerprint density at radius 3 is 2.42 bits per heavy atom. The van der Waals surface area contributed by atoms with Gasteiger partial charge in [0.15, 0.2) is 0 Å². The van der Waals surface area contributed by atoms with E-state index in [1.54, 1.807) is 13.2 Å². The van der Waals surface area contributed by atoms with Gasteiger partial charge in [0.2, 0.25) is 0 Å². The van der Waals surface area contributed by atoms with Crippen molar-refractivity contribution >= 4 is 38.3 Å². The van der Waals surface area contributed by atoms with E-state index in [4.69, 9.17) is 4.74 Å². The maximum atomic E-state index is 12.9. The van der Waals surface area contributed by atoms with E-state index < -0.39 is 0 Å². The van der Waals surface area contributed by atoms with E-state index in [2.05, 4.69) is 26.8 Å². The number of halogens is 2. The van der Waals surface area contributed by atoms with Crippen LogP contribution in [0.1, 0.15) is 10.4 Å². The van der Waals surface area contributed by atoms with E-state index >= 15 is 0 Å². The molecule has 0 saturated heterocycles. The number of nitrogens with one attached hydrogen (secondary N) is 2. The highest BCUT2D eigenvalue weighted by Crippen LogP contribution is 2.34. The molecular formula is C18H14BrFN2O2. The number of hydrogen-bond acceptors (Lipinski definition) is 3. The molecule has 0 aliphatic rings. The van der Waals surface area contributed by atoms with Crippen LogP contribution in [0.3, 0.4) is 0 Å². The van der Waals surface area contributed by atoms with E-state index in [0.717, 1.165) is 10.8 Å². The van der Waals surface area contributed by atoms with Crippen molar-refractivity contribution in [3.63, 3.8) is 0 Å². The molecule has 24 heavy (non-hydrogen) atoms. The van der Waals surface area contributed by atoms with Gasteiger partial charge in [-0.25, -0.2) is 4.39 Å². The third kappa shape index (κ3) is 3.19. The van der Waals surface area contributed by atoms with Crippen LogP contribution in [0.2, 0.25) is 0 Å². The molecule has 3 rings (SSSR count). The summed E-state index contributed by atoms with van der Waals surface area (Å²) in [7, 11) is 1.56. The van der Waals surface area contributed by atoms with Crippen LogP contribution in [0.25, 0.3) is 10.8 Å². The van der Waals surface area contributed by atoms with Gasteiger partial charge in [-0.15, -0.1) is 0 Å². The van der Waals surface area contributed by atoms with Crippen molar-refractivity contribution in [2.45, 2.75) is 0 Å². The van der Waals surface area contributed by atoms with Crippen LogP contribution >= 0.6 is 15.9 Å². The Morgan fingerprint density at radius 1 is 1.08 bits per heavy atom. The summed E-state index contributed by atoms with van der Waals surface area (Å²) in [4.78, 5) is 12.5. The van der Waals surface area contributed by atoms with Crippen LogP contribution in [0.15, 0.2) is 59.1 Å². The monoisotopic (exact) mass is 388 g/mol. The Morgan fingerprint density at radius 2 is 1.75 bits per heavy atom. The minimum Gasteiger partial charge on any atom is -0.496 e. The molecule has 0 heterocycles. The van der Waals surface area contributed by atoms with Crippen molar-refractivity contribution < 1.29 is 13.9 Å². The molecule has 0 unspecified atom stereocenters. The molecule has 2 N–H and O–H groups in total. The summed E-state index contributed by atoms with van der Waals surface area (Å²) >= 11 is 3.49. The van der Waals surface area contributed by atoms with Crippen LogP contribution in [-0.2, 0) is 0 Å². The van der Waals surface area contributed by atoms with Crippen LogP contribution in [0, 0.1) is 5.82 Å². The topological polar surface area (TPSA) is 50.4 Å². The normalized spacial score (nSPS) is 10.5. The highest BCUT2D eigenvalue weighted by molar-refractivity contribution is 9.10. The van der Waals surface area contributed by atoms with Gasteiger partial charge >= 0.3 is 0 Å². The second kappa shape index (κ2) is 6.88. The van der Waals surface area contributed by atoms with Gasteiger partial charge in [-0.2, -0.15) is 0 Å². The number of hydrazine groups is 1. The van der Waals surface area contributed by atoms with Crippen LogP contribution in [0.4, 0.5) is 10.1 Å². The van der Waals surface area contributed by atoms with Crippen LogP contribution in [-0.4, -0.2) is 13.0 Å².